The molecule has 2 amide bonds. The van der Waals surface area contributed by atoms with E-state index in [0.29, 0.717) is 13.2 Å². The van der Waals surface area contributed by atoms with Crippen LogP contribution in [0.4, 0.5) is 4.79 Å². The van der Waals surface area contributed by atoms with E-state index in [4.69, 9.17) is 9.16 Å². The van der Waals surface area contributed by atoms with Gasteiger partial charge in [-0.1, -0.05) is 81.4 Å². The fraction of sp³-hybridized carbons (Fsp3) is 0.481. The molecular weight excluding hydrogens is 444 g/mol. The van der Waals surface area contributed by atoms with Crippen molar-refractivity contribution >= 4 is 30.7 Å². The predicted molar refractivity (Wildman–Crippen MR) is 138 cm³/mol. The predicted octanol–water partition coefficient (Wildman–Crippen LogP) is 3.69. The molecule has 1 N–H and O–H groups in total. The van der Waals surface area contributed by atoms with Gasteiger partial charge in [-0.05, 0) is 43.1 Å². The average Bonchev–Trinajstić information content (AvgIpc) is 2.75. The standard InChI is InChI=1S/C27H38N2O4Si/c1-20-24(30)28-21(18-29(20)25(31)33-26(2,3)4)19-32-34(27(5,6)7,22-14-10-8-11-15-22)23-16-12-9-13-17-23/h8-17,20-21H,18-19H2,1-7H3,(H,28,30)/t20-,21+/m1/s1. The van der Waals surface area contributed by atoms with Gasteiger partial charge in [0.05, 0.1) is 12.6 Å². The van der Waals surface area contributed by atoms with Crippen LogP contribution in [0, 0.1) is 0 Å². The summed E-state index contributed by atoms with van der Waals surface area (Å²) in [7, 11) is -2.75. The number of nitrogens with one attached hydrogen (secondary N) is 1. The maximum Gasteiger partial charge on any atom is 0.411 e. The van der Waals surface area contributed by atoms with Crippen LogP contribution in [0.15, 0.2) is 60.7 Å². The topological polar surface area (TPSA) is 67.9 Å². The van der Waals surface area contributed by atoms with Crippen LogP contribution < -0.4 is 15.7 Å². The van der Waals surface area contributed by atoms with Crippen molar-refractivity contribution < 1.29 is 18.8 Å². The van der Waals surface area contributed by atoms with Crippen LogP contribution in [-0.4, -0.2) is 56.1 Å². The van der Waals surface area contributed by atoms with Gasteiger partial charge in [0.2, 0.25) is 5.91 Å². The zero-order valence-corrected chi connectivity index (χ0v) is 22.4. The van der Waals surface area contributed by atoms with E-state index in [1.54, 1.807) is 6.92 Å². The summed E-state index contributed by atoms with van der Waals surface area (Å²) in [6.07, 6.45) is -0.481. The molecule has 2 aromatic carbocycles. The highest BCUT2D eigenvalue weighted by Crippen LogP contribution is 2.37. The van der Waals surface area contributed by atoms with Gasteiger partial charge in [-0.2, -0.15) is 0 Å². The summed E-state index contributed by atoms with van der Waals surface area (Å²) in [4.78, 5) is 27.1. The van der Waals surface area contributed by atoms with Crippen LogP contribution in [0.2, 0.25) is 5.04 Å². The Hall–Kier alpha value is -2.64. The quantitative estimate of drug-likeness (QED) is 0.660. The summed E-state index contributed by atoms with van der Waals surface area (Å²) < 4.78 is 12.5. The van der Waals surface area contributed by atoms with Crippen molar-refractivity contribution in [3.05, 3.63) is 60.7 Å². The number of piperazine rings is 1. The highest BCUT2D eigenvalue weighted by atomic mass is 28.4. The summed E-state index contributed by atoms with van der Waals surface area (Å²) in [6.45, 7) is 14.5. The minimum atomic E-state index is -2.75. The zero-order chi connectivity index (χ0) is 25.1. The molecule has 0 radical (unpaired) electrons. The number of hydrogen-bond donors (Lipinski definition) is 1. The van der Waals surface area contributed by atoms with Crippen LogP contribution in [-0.2, 0) is 14.0 Å². The van der Waals surface area contributed by atoms with Gasteiger partial charge in [0.25, 0.3) is 8.32 Å². The van der Waals surface area contributed by atoms with Gasteiger partial charge in [-0.3, -0.25) is 9.69 Å². The van der Waals surface area contributed by atoms with Crippen molar-refractivity contribution in [2.24, 2.45) is 0 Å². The van der Waals surface area contributed by atoms with Crippen molar-refractivity contribution in [2.75, 3.05) is 13.2 Å². The van der Waals surface area contributed by atoms with E-state index in [-0.39, 0.29) is 17.0 Å². The van der Waals surface area contributed by atoms with Crippen molar-refractivity contribution in [1.29, 1.82) is 0 Å². The molecular formula is C27H38N2O4Si. The maximum absolute atomic E-state index is 12.8. The molecule has 0 aromatic heterocycles. The SMILES string of the molecule is C[C@@H]1C(=O)N[C@H](CO[Si](c2ccccc2)(c2ccccc2)C(C)(C)C)CN1C(=O)OC(C)(C)C. The van der Waals surface area contributed by atoms with Crippen molar-refractivity contribution in [3.63, 3.8) is 0 Å². The second-order valence-electron chi connectivity index (χ2n) is 11.0. The summed E-state index contributed by atoms with van der Waals surface area (Å²) >= 11 is 0. The molecule has 0 saturated carbocycles. The molecule has 1 aliphatic rings. The highest BCUT2D eigenvalue weighted by molar-refractivity contribution is 6.99. The Morgan fingerprint density at radius 1 is 0.971 bits per heavy atom. The number of hydrogen-bond acceptors (Lipinski definition) is 4. The first kappa shape index (κ1) is 26.0. The third kappa shape index (κ3) is 5.53. The van der Waals surface area contributed by atoms with Crippen LogP contribution in [0.25, 0.3) is 0 Å². The number of ether oxygens (including phenoxy) is 1. The minimum absolute atomic E-state index is 0.174. The molecule has 34 heavy (non-hydrogen) atoms. The lowest BCUT2D eigenvalue weighted by atomic mass is 10.1. The number of benzene rings is 2. The fourth-order valence-electron chi connectivity index (χ4n) is 4.54. The van der Waals surface area contributed by atoms with Gasteiger partial charge in [0, 0.05) is 6.54 Å². The molecule has 1 saturated heterocycles. The molecule has 2 aromatic rings. The molecule has 3 rings (SSSR count). The number of carbonyl (C=O) groups excluding carboxylic acids is 2. The first-order valence-corrected chi connectivity index (χ1v) is 13.8. The van der Waals surface area contributed by atoms with Gasteiger partial charge in [0.15, 0.2) is 0 Å². The molecule has 1 heterocycles. The average molecular weight is 483 g/mol. The van der Waals surface area contributed by atoms with Crippen molar-refractivity contribution in [1.82, 2.24) is 10.2 Å². The van der Waals surface area contributed by atoms with E-state index in [2.05, 4.69) is 50.4 Å². The maximum atomic E-state index is 12.8. The normalized spacial score (nSPS) is 19.5. The second kappa shape index (κ2) is 9.92. The molecule has 6 nitrogen and oxygen atoms in total. The Morgan fingerprint density at radius 3 is 1.91 bits per heavy atom. The molecule has 0 aliphatic carbocycles. The Balaban J connectivity index is 1.92. The lowest BCUT2D eigenvalue weighted by Gasteiger charge is -2.45. The largest absolute Gasteiger partial charge is 0.444 e. The molecule has 0 bridgehead atoms. The molecule has 184 valence electrons. The second-order valence-corrected chi connectivity index (χ2v) is 15.3. The minimum Gasteiger partial charge on any atom is -0.444 e. The highest BCUT2D eigenvalue weighted by Gasteiger charge is 2.51. The monoisotopic (exact) mass is 482 g/mol. The third-order valence-electron chi connectivity index (χ3n) is 6.16. The van der Waals surface area contributed by atoms with Gasteiger partial charge in [-0.15, -0.1) is 0 Å². The van der Waals surface area contributed by atoms with Crippen LogP contribution in [0.3, 0.4) is 0 Å². The number of amides is 2. The molecule has 1 fully saturated rings. The summed E-state index contributed by atoms with van der Waals surface area (Å²) in [5.74, 6) is -0.201. The number of nitrogens with zero attached hydrogens (tertiary/aromatic N) is 1. The van der Waals surface area contributed by atoms with Crippen molar-refractivity contribution in [3.8, 4) is 0 Å². The van der Waals surface area contributed by atoms with E-state index >= 15 is 0 Å². The smallest absolute Gasteiger partial charge is 0.411 e. The van der Waals surface area contributed by atoms with Gasteiger partial charge in [0.1, 0.15) is 11.6 Å². The lowest BCUT2D eigenvalue weighted by molar-refractivity contribution is -0.130. The van der Waals surface area contributed by atoms with E-state index in [9.17, 15) is 9.59 Å². The van der Waals surface area contributed by atoms with Gasteiger partial charge >= 0.3 is 6.09 Å². The number of carbonyl (C=O) groups is 2. The van der Waals surface area contributed by atoms with Crippen LogP contribution in [0.1, 0.15) is 48.5 Å². The van der Waals surface area contributed by atoms with E-state index in [1.807, 2.05) is 57.2 Å². The first-order valence-electron chi connectivity index (χ1n) is 11.9. The summed E-state index contributed by atoms with van der Waals surface area (Å²) in [5.41, 5.74) is -0.633. The molecule has 7 heteroatoms. The van der Waals surface area contributed by atoms with Crippen LogP contribution >= 0.6 is 0 Å². The first-order chi connectivity index (χ1) is 15.8. The van der Waals surface area contributed by atoms with Crippen molar-refractivity contribution in [2.45, 2.75) is 71.2 Å². The van der Waals surface area contributed by atoms with E-state index in [0.717, 1.165) is 0 Å². The number of rotatable bonds is 5. The Bertz CT molecular complexity index is 944. The lowest BCUT2D eigenvalue weighted by Crippen LogP contribution is -2.69. The van der Waals surface area contributed by atoms with Gasteiger partial charge < -0.3 is 14.5 Å². The third-order valence-corrected chi connectivity index (χ3v) is 11.2. The van der Waals surface area contributed by atoms with Gasteiger partial charge in [-0.25, -0.2) is 4.79 Å². The zero-order valence-electron chi connectivity index (χ0n) is 21.4. The van der Waals surface area contributed by atoms with E-state index < -0.39 is 26.1 Å². The Kier molecular flexibility index (Phi) is 7.58. The molecule has 0 unspecified atom stereocenters. The molecule has 1 aliphatic heterocycles. The Morgan fingerprint density at radius 2 is 1.47 bits per heavy atom. The Labute approximate surface area is 204 Å². The summed E-state index contributed by atoms with van der Waals surface area (Å²) in [5, 5.41) is 5.22. The fourth-order valence-corrected chi connectivity index (χ4v) is 9.15. The van der Waals surface area contributed by atoms with Crippen LogP contribution in [0.5, 0.6) is 0 Å². The van der Waals surface area contributed by atoms with E-state index in [1.165, 1.54) is 15.3 Å². The molecule has 2 atom stereocenters. The summed E-state index contributed by atoms with van der Waals surface area (Å²) in [6, 6.07) is 19.8. The molecule has 0 spiro atoms.